The summed E-state index contributed by atoms with van der Waals surface area (Å²) < 4.78 is 40.2. The van der Waals surface area contributed by atoms with Gasteiger partial charge in [0.25, 0.3) is 0 Å². The minimum atomic E-state index is -0.300. The van der Waals surface area contributed by atoms with Gasteiger partial charge in [0.15, 0.2) is 0 Å². The molecule has 6 nitrogen and oxygen atoms in total. The molecule has 6 rings (SSSR count). The molecular weight excluding hydrogens is 599 g/mol. The van der Waals surface area contributed by atoms with Crippen molar-refractivity contribution in [3.8, 4) is 11.5 Å². The quantitative estimate of drug-likeness (QED) is 0.141. The SMILES string of the molecule is CNCC[C@@H](Oc1cccc2cnccc12)c1sccc1F.CNCC[C@H](Oc1cccc2cnccc12)c1sccc1F. The van der Waals surface area contributed by atoms with Crippen LogP contribution in [0.25, 0.3) is 21.5 Å². The molecule has 0 spiro atoms. The zero-order valence-corrected chi connectivity index (χ0v) is 26.1. The Morgan fingerprint density at radius 1 is 0.659 bits per heavy atom. The minimum absolute atomic E-state index is 0.201. The largest absolute Gasteiger partial charge is 0.484 e. The number of pyridine rings is 2. The van der Waals surface area contributed by atoms with Crippen molar-refractivity contribution in [3.63, 3.8) is 0 Å². The van der Waals surface area contributed by atoms with Crippen molar-refractivity contribution < 1.29 is 18.3 Å². The number of thiophene rings is 2. The molecular formula is C34H34F2N4O2S2. The number of benzene rings is 2. The van der Waals surface area contributed by atoms with Crippen molar-refractivity contribution in [3.05, 3.63) is 118 Å². The van der Waals surface area contributed by atoms with E-state index in [1.165, 1.54) is 34.8 Å². The van der Waals surface area contributed by atoms with Crippen LogP contribution in [0.4, 0.5) is 8.78 Å². The van der Waals surface area contributed by atoms with E-state index in [1.807, 2.05) is 62.6 Å². The maximum absolute atomic E-state index is 13.9. The summed E-state index contributed by atoms with van der Waals surface area (Å²) in [5.74, 6) is 1.11. The zero-order chi connectivity index (χ0) is 30.7. The lowest BCUT2D eigenvalue weighted by atomic mass is 10.1. The molecule has 0 radical (unpaired) electrons. The third-order valence-corrected chi connectivity index (χ3v) is 8.98. The highest BCUT2D eigenvalue weighted by molar-refractivity contribution is 7.10. The predicted octanol–water partition coefficient (Wildman–Crippen LogP) is 8.33. The monoisotopic (exact) mass is 632 g/mol. The molecule has 44 heavy (non-hydrogen) atoms. The molecule has 0 aliphatic heterocycles. The van der Waals surface area contributed by atoms with E-state index in [0.29, 0.717) is 22.6 Å². The number of nitrogens with zero attached hydrogens (tertiary/aromatic N) is 2. The highest BCUT2D eigenvalue weighted by atomic mass is 32.1. The Morgan fingerprint density at radius 2 is 1.11 bits per heavy atom. The van der Waals surface area contributed by atoms with Gasteiger partial charge < -0.3 is 20.1 Å². The van der Waals surface area contributed by atoms with Gasteiger partial charge in [-0.25, -0.2) is 8.78 Å². The standard InChI is InChI=1S/2C17H17FN2OS/c2*1-19-8-6-16(17-14(18)7-10-22-17)21-15-4-2-3-12-11-20-9-5-13(12)15/h2*2-5,7,9-11,16,19H,6,8H2,1H3/t2*16-/m10/s1. The van der Waals surface area contributed by atoms with Gasteiger partial charge in [-0.1, -0.05) is 24.3 Å². The topological polar surface area (TPSA) is 68.3 Å². The number of rotatable bonds is 12. The number of ether oxygens (including phenoxy) is 2. The van der Waals surface area contributed by atoms with Gasteiger partial charge in [0, 0.05) is 59.2 Å². The first-order valence-corrected chi connectivity index (χ1v) is 16.1. The van der Waals surface area contributed by atoms with E-state index in [-0.39, 0.29) is 23.8 Å². The second-order valence-corrected chi connectivity index (χ2v) is 11.9. The van der Waals surface area contributed by atoms with E-state index in [4.69, 9.17) is 9.47 Å². The van der Waals surface area contributed by atoms with E-state index < -0.39 is 0 Å². The molecule has 0 amide bonds. The van der Waals surface area contributed by atoms with Crippen LogP contribution in [0.2, 0.25) is 0 Å². The number of aromatic nitrogens is 2. The van der Waals surface area contributed by atoms with Crippen molar-refractivity contribution in [1.29, 1.82) is 0 Å². The Morgan fingerprint density at radius 3 is 1.50 bits per heavy atom. The van der Waals surface area contributed by atoms with Crippen LogP contribution in [0.1, 0.15) is 34.8 Å². The number of nitrogens with one attached hydrogen (secondary N) is 2. The smallest absolute Gasteiger partial charge is 0.140 e. The van der Waals surface area contributed by atoms with Crippen molar-refractivity contribution in [2.75, 3.05) is 27.2 Å². The second kappa shape index (κ2) is 15.7. The summed E-state index contributed by atoms with van der Waals surface area (Å²) >= 11 is 2.79. The summed E-state index contributed by atoms with van der Waals surface area (Å²) in [4.78, 5) is 9.53. The van der Waals surface area contributed by atoms with Crippen LogP contribution < -0.4 is 20.1 Å². The van der Waals surface area contributed by atoms with E-state index in [1.54, 1.807) is 35.5 Å². The average molecular weight is 633 g/mol. The fourth-order valence-corrected chi connectivity index (χ4v) is 6.47. The number of hydrogen-bond donors (Lipinski definition) is 2. The van der Waals surface area contributed by atoms with Crippen molar-refractivity contribution >= 4 is 44.2 Å². The van der Waals surface area contributed by atoms with Crippen molar-refractivity contribution in [2.24, 2.45) is 0 Å². The van der Waals surface area contributed by atoms with Gasteiger partial charge >= 0.3 is 0 Å². The summed E-state index contributed by atoms with van der Waals surface area (Å²) in [6.45, 7) is 1.52. The summed E-state index contributed by atoms with van der Waals surface area (Å²) in [5, 5.41) is 13.7. The first-order chi connectivity index (χ1) is 21.6. The van der Waals surface area contributed by atoms with Crippen LogP contribution in [0.15, 0.2) is 96.2 Å². The molecule has 0 aliphatic carbocycles. The second-order valence-electron chi connectivity index (χ2n) is 9.97. The van der Waals surface area contributed by atoms with Gasteiger partial charge in [0.05, 0.1) is 9.75 Å². The summed E-state index contributed by atoms with van der Waals surface area (Å²) in [7, 11) is 3.76. The third kappa shape index (κ3) is 7.75. The molecule has 2 atom stereocenters. The lowest BCUT2D eigenvalue weighted by Gasteiger charge is -2.19. The van der Waals surface area contributed by atoms with Crippen LogP contribution in [0.5, 0.6) is 11.5 Å². The first kappa shape index (κ1) is 31.5. The van der Waals surface area contributed by atoms with Crippen LogP contribution >= 0.6 is 22.7 Å². The van der Waals surface area contributed by atoms with Gasteiger partial charge in [0.2, 0.25) is 0 Å². The van der Waals surface area contributed by atoms with Crippen LogP contribution in [0.3, 0.4) is 0 Å². The van der Waals surface area contributed by atoms with Gasteiger partial charge in [0.1, 0.15) is 35.3 Å². The lowest BCUT2D eigenvalue weighted by molar-refractivity contribution is 0.196. The molecule has 0 unspecified atom stereocenters. The van der Waals surface area contributed by atoms with E-state index in [2.05, 4.69) is 20.6 Å². The maximum Gasteiger partial charge on any atom is 0.140 e. The first-order valence-electron chi connectivity index (χ1n) is 14.3. The van der Waals surface area contributed by atoms with Crippen molar-refractivity contribution in [1.82, 2.24) is 20.6 Å². The summed E-state index contributed by atoms with van der Waals surface area (Å²) in [6, 6.07) is 18.5. The number of halogens is 2. The van der Waals surface area contributed by atoms with Gasteiger partial charge in [-0.3, -0.25) is 9.97 Å². The predicted molar refractivity (Wildman–Crippen MR) is 176 cm³/mol. The molecule has 4 aromatic heterocycles. The Kier molecular flexibility index (Phi) is 11.2. The van der Waals surface area contributed by atoms with Crippen LogP contribution in [0, 0.1) is 11.6 Å². The van der Waals surface area contributed by atoms with Gasteiger partial charge in [-0.2, -0.15) is 0 Å². The van der Waals surface area contributed by atoms with Gasteiger partial charge in [-0.05, 0) is 74.3 Å². The Bertz CT molecular complexity index is 1640. The molecule has 0 fully saturated rings. The van der Waals surface area contributed by atoms with E-state index in [9.17, 15) is 8.78 Å². The molecule has 4 heterocycles. The van der Waals surface area contributed by atoms with E-state index in [0.717, 1.165) is 46.1 Å². The molecule has 0 saturated heterocycles. The van der Waals surface area contributed by atoms with Crippen LogP contribution in [-0.4, -0.2) is 37.2 Å². The Labute approximate surface area is 263 Å². The number of hydrogen-bond acceptors (Lipinski definition) is 8. The minimum Gasteiger partial charge on any atom is -0.484 e. The highest BCUT2D eigenvalue weighted by Crippen LogP contribution is 2.35. The fourth-order valence-electron chi connectivity index (χ4n) is 4.81. The average Bonchev–Trinajstić information content (AvgIpc) is 3.69. The molecule has 0 saturated carbocycles. The molecule has 0 bridgehead atoms. The zero-order valence-electron chi connectivity index (χ0n) is 24.5. The number of fused-ring (bicyclic) bond motifs is 2. The molecule has 0 aliphatic rings. The summed E-state index contributed by atoms with van der Waals surface area (Å²) in [6.07, 6.45) is 7.89. The normalized spacial score (nSPS) is 12.5. The van der Waals surface area contributed by atoms with Gasteiger partial charge in [-0.15, -0.1) is 22.7 Å². The van der Waals surface area contributed by atoms with Crippen LogP contribution in [-0.2, 0) is 0 Å². The fraction of sp³-hybridized carbons (Fsp3) is 0.235. The molecule has 228 valence electrons. The molecule has 2 aromatic carbocycles. The molecule has 2 N–H and O–H groups in total. The van der Waals surface area contributed by atoms with Crippen molar-refractivity contribution in [2.45, 2.75) is 25.0 Å². The Balaban J connectivity index is 0.000000175. The molecule has 6 aromatic rings. The van der Waals surface area contributed by atoms with E-state index >= 15 is 0 Å². The molecule has 10 heteroatoms. The maximum atomic E-state index is 13.9. The summed E-state index contributed by atoms with van der Waals surface area (Å²) in [5.41, 5.74) is 0. The lowest BCUT2D eigenvalue weighted by Crippen LogP contribution is -2.16. The third-order valence-electron chi connectivity index (χ3n) is 7.01. The highest BCUT2D eigenvalue weighted by Gasteiger charge is 2.21. The Hall–Kier alpha value is -3.96.